The fourth-order valence-electron chi connectivity index (χ4n) is 0.469. The summed E-state index contributed by atoms with van der Waals surface area (Å²) in [5, 5.41) is 0. The Labute approximate surface area is 56.5 Å². The normalized spacial score (nSPS) is 12.4. The summed E-state index contributed by atoms with van der Waals surface area (Å²) in [6.45, 7) is 2.04. The maximum atomic E-state index is 10.1. The molecule has 52 valence electrons. The van der Waals surface area contributed by atoms with Gasteiger partial charge in [0.2, 0.25) is 0 Å². The molecular formula is C6H12O2P+. The molecule has 0 aliphatic rings. The molecule has 0 bridgehead atoms. The smallest absolute Gasteiger partial charge is 0.161 e. The third kappa shape index (κ3) is 7.80. The molecule has 2 nitrogen and oxygen atoms in total. The van der Waals surface area contributed by atoms with Crippen LogP contribution < -0.4 is 0 Å². The summed E-state index contributed by atoms with van der Waals surface area (Å²) in [5.41, 5.74) is 0. The summed E-state index contributed by atoms with van der Waals surface area (Å²) >= 11 is 0. The molecule has 0 rings (SSSR count). The molecular weight excluding hydrogens is 135 g/mol. The van der Waals surface area contributed by atoms with Crippen LogP contribution in [0.5, 0.6) is 0 Å². The van der Waals surface area contributed by atoms with Gasteiger partial charge in [-0.3, -0.25) is 0 Å². The second-order valence-electron chi connectivity index (χ2n) is 1.74. The Balaban J connectivity index is 3.09. The molecule has 0 radical (unpaired) electrons. The predicted molar refractivity (Wildman–Crippen MR) is 38.7 cm³/mol. The first-order valence-electron chi connectivity index (χ1n) is 3.06. The zero-order valence-electron chi connectivity index (χ0n) is 5.58. The predicted octanol–water partition coefficient (Wildman–Crippen LogP) is 2.08. The number of hydrogen-bond acceptors (Lipinski definition) is 1. The van der Waals surface area contributed by atoms with Crippen LogP contribution >= 0.6 is 8.03 Å². The first kappa shape index (κ1) is 8.80. The lowest BCUT2D eigenvalue weighted by atomic mass is 10.4. The topological polar surface area (TPSA) is 37.3 Å². The van der Waals surface area contributed by atoms with E-state index < -0.39 is 8.03 Å². The van der Waals surface area contributed by atoms with Gasteiger partial charge in [-0.2, -0.15) is 4.89 Å². The first-order valence-corrected chi connectivity index (χ1v) is 4.45. The minimum absolute atomic E-state index is 0.395. The van der Waals surface area contributed by atoms with Crippen LogP contribution in [0, 0.1) is 0 Å². The van der Waals surface area contributed by atoms with Gasteiger partial charge in [0.15, 0.2) is 6.16 Å². The molecule has 0 aromatic carbocycles. The molecule has 1 unspecified atom stereocenters. The van der Waals surface area contributed by atoms with Gasteiger partial charge < -0.3 is 0 Å². The van der Waals surface area contributed by atoms with Crippen molar-refractivity contribution in [3.63, 3.8) is 0 Å². The molecule has 1 N–H and O–H groups in total. The van der Waals surface area contributed by atoms with Gasteiger partial charge in [0, 0.05) is 6.42 Å². The number of rotatable bonds is 4. The molecule has 0 aliphatic heterocycles. The highest BCUT2D eigenvalue weighted by molar-refractivity contribution is 7.37. The summed E-state index contributed by atoms with van der Waals surface area (Å²) in [4.78, 5) is 8.33. The Morgan fingerprint density at radius 1 is 1.56 bits per heavy atom. The van der Waals surface area contributed by atoms with Crippen LogP contribution in [0.15, 0.2) is 12.2 Å². The van der Waals surface area contributed by atoms with Crippen LogP contribution in [-0.4, -0.2) is 11.1 Å². The molecule has 0 aliphatic carbocycles. The van der Waals surface area contributed by atoms with Gasteiger partial charge in [-0.15, -0.1) is 0 Å². The van der Waals surface area contributed by atoms with E-state index in [0.29, 0.717) is 6.16 Å². The van der Waals surface area contributed by atoms with E-state index in [1.807, 2.05) is 19.1 Å². The van der Waals surface area contributed by atoms with Crippen LogP contribution in [-0.2, 0) is 4.57 Å². The van der Waals surface area contributed by atoms with Crippen molar-refractivity contribution in [2.75, 3.05) is 6.16 Å². The van der Waals surface area contributed by atoms with Crippen molar-refractivity contribution >= 4 is 8.03 Å². The fraction of sp³-hybridized carbons (Fsp3) is 0.667. The van der Waals surface area contributed by atoms with Crippen molar-refractivity contribution in [1.29, 1.82) is 0 Å². The summed E-state index contributed by atoms with van der Waals surface area (Å²) in [7, 11) is -1.92. The molecule has 0 saturated heterocycles. The van der Waals surface area contributed by atoms with Crippen LogP contribution in [0.2, 0.25) is 0 Å². The fourth-order valence-corrected chi connectivity index (χ4v) is 0.839. The van der Waals surface area contributed by atoms with Gasteiger partial charge in [-0.25, -0.2) is 0 Å². The van der Waals surface area contributed by atoms with Crippen LogP contribution in [0.4, 0.5) is 0 Å². The molecule has 9 heavy (non-hydrogen) atoms. The molecule has 0 spiro atoms. The van der Waals surface area contributed by atoms with E-state index >= 15 is 0 Å². The average Bonchev–Trinajstić information content (AvgIpc) is 1.80. The maximum Gasteiger partial charge on any atom is 0.505 e. The van der Waals surface area contributed by atoms with E-state index in [4.69, 9.17) is 4.89 Å². The second kappa shape index (κ2) is 5.93. The van der Waals surface area contributed by atoms with Gasteiger partial charge in [0.05, 0.1) is 0 Å². The Morgan fingerprint density at radius 3 is 2.67 bits per heavy atom. The minimum Gasteiger partial charge on any atom is -0.161 e. The molecule has 0 aromatic rings. The number of allylic oxidation sites excluding steroid dienone is 2. The van der Waals surface area contributed by atoms with Crippen molar-refractivity contribution in [3.05, 3.63) is 12.2 Å². The van der Waals surface area contributed by atoms with E-state index in [1.165, 1.54) is 0 Å². The summed E-state index contributed by atoms with van der Waals surface area (Å²) < 4.78 is 10.1. The SMILES string of the molecule is CCC=CCC[P+](=O)O. The van der Waals surface area contributed by atoms with Gasteiger partial charge in [-0.05, 0) is 11.0 Å². The molecule has 0 saturated carbocycles. The number of hydrogen-bond donors (Lipinski definition) is 1. The molecule has 0 amide bonds. The highest BCUT2D eigenvalue weighted by atomic mass is 31.1. The van der Waals surface area contributed by atoms with Crippen LogP contribution in [0.25, 0.3) is 0 Å². The quantitative estimate of drug-likeness (QED) is 0.488. The van der Waals surface area contributed by atoms with Crippen molar-refractivity contribution < 1.29 is 9.46 Å². The van der Waals surface area contributed by atoms with Gasteiger partial charge in [0.25, 0.3) is 0 Å². The lowest BCUT2D eigenvalue weighted by molar-refractivity contribution is 0.503. The van der Waals surface area contributed by atoms with Crippen molar-refractivity contribution in [2.24, 2.45) is 0 Å². The molecule has 3 heteroatoms. The van der Waals surface area contributed by atoms with Crippen molar-refractivity contribution in [2.45, 2.75) is 19.8 Å². The largest absolute Gasteiger partial charge is 0.505 e. The van der Waals surface area contributed by atoms with E-state index in [0.717, 1.165) is 12.8 Å². The second-order valence-corrected chi connectivity index (χ2v) is 2.90. The summed E-state index contributed by atoms with van der Waals surface area (Å²) in [5.74, 6) is 0. The Bertz CT molecular complexity index is 110. The lowest BCUT2D eigenvalue weighted by Crippen LogP contribution is -1.71. The highest BCUT2D eigenvalue weighted by Gasteiger charge is 2.05. The third-order valence-corrected chi connectivity index (χ3v) is 1.53. The highest BCUT2D eigenvalue weighted by Crippen LogP contribution is 2.13. The Hall–Kier alpha value is -0.200. The Kier molecular flexibility index (Phi) is 5.80. The van der Waals surface area contributed by atoms with Gasteiger partial charge in [0.1, 0.15) is 0 Å². The van der Waals surface area contributed by atoms with Crippen LogP contribution in [0.1, 0.15) is 19.8 Å². The minimum atomic E-state index is -1.92. The molecule has 0 fully saturated rings. The van der Waals surface area contributed by atoms with Gasteiger partial charge in [-0.1, -0.05) is 19.1 Å². The first-order chi connectivity index (χ1) is 4.27. The van der Waals surface area contributed by atoms with Crippen molar-refractivity contribution in [1.82, 2.24) is 0 Å². The van der Waals surface area contributed by atoms with E-state index in [1.54, 1.807) is 0 Å². The third-order valence-electron chi connectivity index (χ3n) is 0.889. The van der Waals surface area contributed by atoms with E-state index in [2.05, 4.69) is 0 Å². The van der Waals surface area contributed by atoms with Crippen LogP contribution in [0.3, 0.4) is 0 Å². The Morgan fingerprint density at radius 2 is 2.22 bits per heavy atom. The van der Waals surface area contributed by atoms with E-state index in [9.17, 15) is 4.57 Å². The summed E-state index contributed by atoms with van der Waals surface area (Å²) in [6, 6.07) is 0. The molecule has 0 aromatic heterocycles. The van der Waals surface area contributed by atoms with Crippen molar-refractivity contribution in [3.8, 4) is 0 Å². The monoisotopic (exact) mass is 147 g/mol. The zero-order valence-corrected chi connectivity index (χ0v) is 6.47. The zero-order chi connectivity index (χ0) is 7.11. The standard InChI is InChI=1S/C6H11O2P/c1-2-3-4-5-6-9(7)8/h3-4H,2,5-6H2,1H3/p+1. The lowest BCUT2D eigenvalue weighted by Gasteiger charge is -1.76. The van der Waals surface area contributed by atoms with Gasteiger partial charge >= 0.3 is 8.03 Å². The summed E-state index contributed by atoms with van der Waals surface area (Å²) in [6.07, 6.45) is 6.05. The average molecular weight is 147 g/mol. The molecule has 1 atom stereocenters. The van der Waals surface area contributed by atoms with E-state index in [-0.39, 0.29) is 0 Å². The maximum absolute atomic E-state index is 10.1. The molecule has 0 heterocycles.